The Bertz CT molecular complexity index is 1240. The Morgan fingerprint density at radius 3 is 2.23 bits per heavy atom. The molecule has 2 aromatic rings. The number of benzene rings is 2. The molecule has 0 aromatic heterocycles. The van der Waals surface area contributed by atoms with Crippen molar-refractivity contribution in [3.8, 4) is 5.75 Å². The number of ketones is 2. The van der Waals surface area contributed by atoms with Crippen molar-refractivity contribution in [2.75, 3.05) is 11.9 Å². The van der Waals surface area contributed by atoms with Gasteiger partial charge in [-0.2, -0.15) is 0 Å². The summed E-state index contributed by atoms with van der Waals surface area (Å²) in [5.41, 5.74) is 4.82. The Labute approximate surface area is 205 Å². The predicted molar refractivity (Wildman–Crippen MR) is 132 cm³/mol. The fourth-order valence-corrected chi connectivity index (χ4v) is 5.14. The molecular weight excluding hydrogens is 442 g/mol. The zero-order chi connectivity index (χ0) is 24.5. The van der Waals surface area contributed by atoms with Crippen LogP contribution in [0.4, 0.5) is 5.69 Å². The number of Topliss-reactive ketones (excluding diaryl/α,β-unsaturated/α-hetero) is 2. The van der Waals surface area contributed by atoms with E-state index in [2.05, 4.69) is 5.32 Å². The number of amides is 1. The summed E-state index contributed by atoms with van der Waals surface area (Å²) in [5.74, 6) is 1.09. The van der Waals surface area contributed by atoms with Crippen molar-refractivity contribution in [2.24, 2.45) is 0 Å². The summed E-state index contributed by atoms with van der Waals surface area (Å²) in [6.45, 7) is 3.83. The maximum atomic E-state index is 13.0. The fourth-order valence-electron chi connectivity index (χ4n) is 5.14. The summed E-state index contributed by atoms with van der Waals surface area (Å²) in [4.78, 5) is 38.7. The number of allylic oxidation sites excluding steroid dienone is 4. The third-order valence-corrected chi connectivity index (χ3v) is 7.02. The van der Waals surface area contributed by atoms with E-state index in [9.17, 15) is 14.4 Å². The van der Waals surface area contributed by atoms with Gasteiger partial charge in [0, 0.05) is 48.1 Å². The third kappa shape index (κ3) is 4.53. The second-order valence-corrected chi connectivity index (χ2v) is 9.44. The molecule has 2 aromatic carbocycles. The average molecular weight is 472 g/mol. The molecule has 1 aliphatic heterocycles. The standard InChI is InChI=1S/C29H29NO5/c1-17-13-14-19(15-18(17)2)30-26(33)16-34-23-10-4-3-7-20(23)27-28-21(31)8-5-11-24(28)35-25-12-6-9-22(32)29(25)27/h3-4,7,10,13-15,27H,5-6,8-9,11-12,16H2,1-2H3,(H,30,33). The van der Waals surface area contributed by atoms with Gasteiger partial charge in [0.1, 0.15) is 17.3 Å². The van der Waals surface area contributed by atoms with E-state index in [0.29, 0.717) is 59.8 Å². The van der Waals surface area contributed by atoms with E-state index in [0.717, 1.165) is 29.5 Å². The predicted octanol–water partition coefficient (Wildman–Crippen LogP) is 5.45. The largest absolute Gasteiger partial charge is 0.483 e. The molecule has 1 amide bonds. The van der Waals surface area contributed by atoms with Crippen LogP contribution in [-0.4, -0.2) is 24.1 Å². The first kappa shape index (κ1) is 23.1. The number of ether oxygens (including phenoxy) is 2. The minimum atomic E-state index is -0.520. The first-order chi connectivity index (χ1) is 16.9. The lowest BCUT2D eigenvalue weighted by molar-refractivity contribution is -0.119. The van der Waals surface area contributed by atoms with E-state index in [4.69, 9.17) is 9.47 Å². The van der Waals surface area contributed by atoms with Crippen molar-refractivity contribution in [2.45, 2.75) is 58.3 Å². The molecular formula is C29H29NO5. The van der Waals surface area contributed by atoms with Crippen LogP contribution in [0, 0.1) is 13.8 Å². The molecule has 3 aliphatic rings. The highest BCUT2D eigenvalue weighted by Gasteiger charge is 2.42. The first-order valence-corrected chi connectivity index (χ1v) is 12.2. The van der Waals surface area contributed by atoms with Gasteiger partial charge in [-0.1, -0.05) is 24.3 Å². The van der Waals surface area contributed by atoms with E-state index in [1.807, 2.05) is 50.2 Å². The lowest BCUT2D eigenvalue weighted by atomic mass is 9.73. The van der Waals surface area contributed by atoms with E-state index in [1.54, 1.807) is 6.07 Å². The van der Waals surface area contributed by atoms with Crippen LogP contribution in [-0.2, 0) is 19.1 Å². The molecule has 6 heteroatoms. The molecule has 0 spiro atoms. The van der Waals surface area contributed by atoms with E-state index < -0.39 is 5.92 Å². The summed E-state index contributed by atoms with van der Waals surface area (Å²) in [7, 11) is 0. The maximum Gasteiger partial charge on any atom is 0.262 e. The van der Waals surface area contributed by atoms with Gasteiger partial charge in [0.2, 0.25) is 0 Å². The summed E-state index contributed by atoms with van der Waals surface area (Å²) in [6.07, 6.45) is 3.75. The van der Waals surface area contributed by atoms with Crippen LogP contribution in [0.5, 0.6) is 5.75 Å². The summed E-state index contributed by atoms with van der Waals surface area (Å²) in [5, 5.41) is 2.87. The van der Waals surface area contributed by atoms with Gasteiger partial charge in [0.05, 0.1) is 5.92 Å². The Morgan fingerprint density at radius 2 is 1.57 bits per heavy atom. The van der Waals surface area contributed by atoms with Gasteiger partial charge in [-0.25, -0.2) is 0 Å². The molecule has 0 fully saturated rings. The second-order valence-electron chi connectivity index (χ2n) is 9.44. The van der Waals surface area contributed by atoms with Crippen molar-refractivity contribution in [3.05, 3.63) is 81.8 Å². The highest BCUT2D eigenvalue weighted by atomic mass is 16.5. The van der Waals surface area contributed by atoms with Crippen LogP contribution < -0.4 is 10.1 Å². The monoisotopic (exact) mass is 471 g/mol. The summed E-state index contributed by atoms with van der Waals surface area (Å²) in [6, 6.07) is 13.1. The molecule has 6 nitrogen and oxygen atoms in total. The number of aryl methyl sites for hydroxylation is 2. The molecule has 180 valence electrons. The second kappa shape index (κ2) is 9.53. The van der Waals surface area contributed by atoms with Crippen LogP contribution in [0.3, 0.4) is 0 Å². The van der Waals surface area contributed by atoms with E-state index in [-0.39, 0.29) is 24.1 Å². The minimum absolute atomic E-state index is 0.0171. The number of carbonyl (C=O) groups excluding carboxylic acids is 3. The average Bonchev–Trinajstić information content (AvgIpc) is 2.84. The molecule has 1 heterocycles. The van der Waals surface area contributed by atoms with Crippen LogP contribution in [0.25, 0.3) is 0 Å². The SMILES string of the molecule is Cc1ccc(NC(=O)COc2ccccc2C2C3=C(CCCC3=O)OC3=C2C(=O)CCC3)cc1C. The number of carbonyl (C=O) groups is 3. The summed E-state index contributed by atoms with van der Waals surface area (Å²) < 4.78 is 12.1. The number of hydrogen-bond acceptors (Lipinski definition) is 5. The van der Waals surface area contributed by atoms with Gasteiger partial charge in [0.25, 0.3) is 5.91 Å². The maximum absolute atomic E-state index is 13.0. The molecule has 5 rings (SSSR count). The molecule has 2 aliphatic carbocycles. The van der Waals surface area contributed by atoms with Crippen molar-refractivity contribution in [1.82, 2.24) is 0 Å². The Morgan fingerprint density at radius 1 is 0.914 bits per heavy atom. The van der Waals surface area contributed by atoms with Gasteiger partial charge >= 0.3 is 0 Å². The Kier molecular flexibility index (Phi) is 6.29. The number of nitrogens with one attached hydrogen (secondary N) is 1. The normalized spacial score (nSPS) is 18.1. The Balaban J connectivity index is 1.44. The van der Waals surface area contributed by atoms with Gasteiger partial charge in [-0.3, -0.25) is 14.4 Å². The molecule has 0 saturated heterocycles. The molecule has 0 bridgehead atoms. The van der Waals surface area contributed by atoms with E-state index >= 15 is 0 Å². The van der Waals surface area contributed by atoms with Crippen LogP contribution in [0.2, 0.25) is 0 Å². The molecule has 35 heavy (non-hydrogen) atoms. The zero-order valence-corrected chi connectivity index (χ0v) is 20.1. The quantitative estimate of drug-likeness (QED) is 0.627. The molecule has 0 unspecified atom stereocenters. The minimum Gasteiger partial charge on any atom is -0.483 e. The Hall–Kier alpha value is -3.67. The first-order valence-electron chi connectivity index (χ1n) is 12.2. The van der Waals surface area contributed by atoms with Gasteiger partial charge in [-0.15, -0.1) is 0 Å². The van der Waals surface area contributed by atoms with Crippen molar-refractivity contribution in [1.29, 1.82) is 0 Å². The summed E-state index contributed by atoms with van der Waals surface area (Å²) >= 11 is 0. The highest BCUT2D eigenvalue weighted by molar-refractivity contribution is 6.06. The molecule has 1 N–H and O–H groups in total. The van der Waals surface area contributed by atoms with Crippen LogP contribution in [0.1, 0.15) is 61.1 Å². The number of para-hydroxylation sites is 1. The lowest BCUT2D eigenvalue weighted by Gasteiger charge is -2.36. The zero-order valence-electron chi connectivity index (χ0n) is 20.1. The van der Waals surface area contributed by atoms with Crippen LogP contribution >= 0.6 is 0 Å². The van der Waals surface area contributed by atoms with Crippen molar-refractivity contribution >= 4 is 23.2 Å². The number of anilines is 1. The molecule has 0 radical (unpaired) electrons. The van der Waals surface area contributed by atoms with E-state index in [1.165, 1.54) is 0 Å². The van der Waals surface area contributed by atoms with Gasteiger partial charge in [-0.05, 0) is 56.0 Å². The van der Waals surface area contributed by atoms with Gasteiger partial charge in [0.15, 0.2) is 18.2 Å². The molecule has 0 atom stereocenters. The van der Waals surface area contributed by atoms with Crippen LogP contribution in [0.15, 0.2) is 65.1 Å². The lowest BCUT2D eigenvalue weighted by Crippen LogP contribution is -2.30. The highest BCUT2D eigenvalue weighted by Crippen LogP contribution is 2.49. The number of hydrogen-bond donors (Lipinski definition) is 1. The number of rotatable bonds is 5. The molecule has 0 saturated carbocycles. The smallest absolute Gasteiger partial charge is 0.262 e. The topological polar surface area (TPSA) is 81.7 Å². The van der Waals surface area contributed by atoms with Crippen molar-refractivity contribution in [3.63, 3.8) is 0 Å². The fraction of sp³-hybridized carbons (Fsp3) is 0.345. The van der Waals surface area contributed by atoms with Gasteiger partial charge < -0.3 is 14.8 Å². The third-order valence-electron chi connectivity index (χ3n) is 7.02. The van der Waals surface area contributed by atoms with Crippen molar-refractivity contribution < 1.29 is 23.9 Å².